The summed E-state index contributed by atoms with van der Waals surface area (Å²) in [5.41, 5.74) is 0. The zero-order chi connectivity index (χ0) is 31.5. The topological polar surface area (TPSA) is 108 Å². The van der Waals surface area contributed by atoms with Crippen molar-refractivity contribution in [3.63, 3.8) is 0 Å². The zero-order valence-electron chi connectivity index (χ0n) is 27.7. The van der Waals surface area contributed by atoms with Crippen LogP contribution in [0.3, 0.4) is 0 Å². The highest BCUT2D eigenvalue weighted by Crippen LogP contribution is 2.43. The van der Waals surface area contributed by atoms with Gasteiger partial charge in [0.05, 0.1) is 27.7 Å². The Morgan fingerprint density at radius 2 is 1.12 bits per heavy atom. The van der Waals surface area contributed by atoms with Crippen molar-refractivity contribution >= 4 is 19.8 Å². The normalized spacial score (nSPS) is 14.0. The third-order valence-corrected chi connectivity index (χ3v) is 8.18. The van der Waals surface area contributed by atoms with E-state index in [2.05, 4.69) is 6.92 Å². The Bertz CT molecular complexity index is 713. The highest BCUT2D eigenvalue weighted by Gasteiger charge is 2.26. The fraction of sp³-hybridized carbons (Fsp3) is 0.938. The van der Waals surface area contributed by atoms with Crippen molar-refractivity contribution in [1.82, 2.24) is 0 Å². The molecule has 250 valence electrons. The predicted octanol–water partition coefficient (Wildman–Crippen LogP) is 8.12. The van der Waals surface area contributed by atoms with Gasteiger partial charge in [0.25, 0.3) is 0 Å². The van der Waals surface area contributed by atoms with E-state index in [-0.39, 0.29) is 26.1 Å². The summed E-state index contributed by atoms with van der Waals surface area (Å²) >= 11 is 0. The summed E-state index contributed by atoms with van der Waals surface area (Å²) in [6.45, 7) is 3.83. The first-order valence-corrected chi connectivity index (χ1v) is 18.3. The van der Waals surface area contributed by atoms with Crippen molar-refractivity contribution in [3.8, 4) is 0 Å². The zero-order valence-corrected chi connectivity index (χ0v) is 28.6. The van der Waals surface area contributed by atoms with Gasteiger partial charge >= 0.3 is 19.8 Å². The molecule has 0 bridgehead atoms. The van der Waals surface area contributed by atoms with Crippen LogP contribution in [0.5, 0.6) is 0 Å². The number of carbonyl (C=O) groups is 2. The minimum absolute atomic E-state index is 0.0336. The summed E-state index contributed by atoms with van der Waals surface area (Å²) in [6, 6.07) is 0. The van der Waals surface area contributed by atoms with Crippen molar-refractivity contribution in [2.75, 3.05) is 47.5 Å². The molecule has 0 heterocycles. The van der Waals surface area contributed by atoms with Crippen LogP contribution >= 0.6 is 7.82 Å². The molecule has 0 aliphatic carbocycles. The van der Waals surface area contributed by atoms with Crippen molar-refractivity contribution in [2.24, 2.45) is 0 Å². The molecule has 0 fully saturated rings. The number of hydrogen-bond acceptors (Lipinski definition) is 7. The summed E-state index contributed by atoms with van der Waals surface area (Å²) in [5, 5.41) is 0. The van der Waals surface area contributed by atoms with Crippen LogP contribution in [0.15, 0.2) is 0 Å². The molecule has 10 heteroatoms. The van der Waals surface area contributed by atoms with Crippen molar-refractivity contribution < 1.29 is 42.1 Å². The predicted molar refractivity (Wildman–Crippen MR) is 169 cm³/mol. The molecule has 0 saturated heterocycles. The van der Waals surface area contributed by atoms with E-state index in [0.29, 0.717) is 17.4 Å². The average molecular weight is 623 g/mol. The van der Waals surface area contributed by atoms with Crippen LogP contribution in [-0.2, 0) is 32.7 Å². The average Bonchev–Trinajstić information content (AvgIpc) is 2.92. The van der Waals surface area contributed by atoms with Gasteiger partial charge in [-0.15, -0.1) is 0 Å². The number of phosphoric acid groups is 1. The molecule has 2 unspecified atom stereocenters. The van der Waals surface area contributed by atoms with Crippen LogP contribution in [0.25, 0.3) is 0 Å². The molecule has 0 saturated carbocycles. The smallest absolute Gasteiger partial charge is 0.462 e. The third kappa shape index (κ3) is 29.1. The lowest BCUT2D eigenvalue weighted by Gasteiger charge is -2.24. The van der Waals surface area contributed by atoms with Crippen molar-refractivity contribution in [2.45, 2.75) is 148 Å². The fourth-order valence-electron chi connectivity index (χ4n) is 4.46. The Labute approximate surface area is 257 Å². The number of carbonyl (C=O) groups excluding carboxylic acids is 2. The lowest BCUT2D eigenvalue weighted by Crippen LogP contribution is -2.37. The van der Waals surface area contributed by atoms with E-state index in [4.69, 9.17) is 18.5 Å². The van der Waals surface area contributed by atoms with Gasteiger partial charge in [-0.25, -0.2) is 4.57 Å². The molecule has 0 amide bonds. The molecule has 0 aromatic heterocycles. The van der Waals surface area contributed by atoms with E-state index in [9.17, 15) is 19.0 Å². The van der Waals surface area contributed by atoms with Gasteiger partial charge in [0.15, 0.2) is 6.10 Å². The first kappa shape index (κ1) is 41.0. The van der Waals surface area contributed by atoms with Gasteiger partial charge < -0.3 is 18.9 Å². The molecular weight excluding hydrogens is 557 g/mol. The first-order valence-electron chi connectivity index (χ1n) is 16.8. The number of nitrogens with zero attached hydrogens (tertiary/aromatic N) is 1. The molecule has 0 rings (SSSR count). The van der Waals surface area contributed by atoms with E-state index < -0.39 is 32.5 Å². The standard InChI is InChI=1S/C32H64NO8P/c1-6-8-9-10-11-12-13-14-15-16-17-18-19-20-21-22-23-24-25-32(35)41-30(28-38-31(34)7-2)29-40-42(36,37)39-27-26-33(3,4)5/h30H,6-29H2,1-5H3/p+1. The van der Waals surface area contributed by atoms with Crippen LogP contribution in [0.2, 0.25) is 0 Å². The number of esters is 2. The van der Waals surface area contributed by atoms with E-state index in [0.717, 1.165) is 12.8 Å². The van der Waals surface area contributed by atoms with E-state index in [1.807, 2.05) is 21.1 Å². The van der Waals surface area contributed by atoms with Gasteiger partial charge in [-0.05, 0) is 6.42 Å². The number of hydrogen-bond donors (Lipinski definition) is 1. The van der Waals surface area contributed by atoms with Crippen molar-refractivity contribution in [3.05, 3.63) is 0 Å². The SMILES string of the molecule is CCCCCCCCCCCCCCCCCCCCC(=O)OC(COC(=O)CC)COP(=O)(O)OCC[N+](C)(C)C. The number of unbranched alkanes of at least 4 members (excludes halogenated alkanes) is 17. The van der Waals surface area contributed by atoms with Gasteiger partial charge in [-0.1, -0.05) is 123 Å². The number of rotatable bonds is 30. The minimum atomic E-state index is -4.33. The molecule has 2 atom stereocenters. The van der Waals surface area contributed by atoms with Gasteiger partial charge in [-0.2, -0.15) is 0 Å². The highest BCUT2D eigenvalue weighted by atomic mass is 31.2. The molecular formula is C32H65NO8P+. The quantitative estimate of drug-likeness (QED) is 0.0370. The van der Waals surface area contributed by atoms with Gasteiger partial charge in [0, 0.05) is 12.8 Å². The molecule has 0 aromatic carbocycles. The lowest BCUT2D eigenvalue weighted by molar-refractivity contribution is -0.870. The van der Waals surface area contributed by atoms with Crippen LogP contribution in [0.1, 0.15) is 142 Å². The van der Waals surface area contributed by atoms with Crippen LogP contribution in [-0.4, -0.2) is 74.9 Å². The maximum atomic E-state index is 12.4. The van der Waals surface area contributed by atoms with Crippen molar-refractivity contribution in [1.29, 1.82) is 0 Å². The Kier molecular flexibility index (Phi) is 25.8. The Hall–Kier alpha value is -0.990. The maximum Gasteiger partial charge on any atom is 0.472 e. The highest BCUT2D eigenvalue weighted by molar-refractivity contribution is 7.47. The Balaban J connectivity index is 3.96. The van der Waals surface area contributed by atoms with Crippen LogP contribution in [0, 0.1) is 0 Å². The minimum Gasteiger partial charge on any atom is -0.462 e. The lowest BCUT2D eigenvalue weighted by atomic mass is 10.0. The van der Waals surface area contributed by atoms with E-state index in [1.165, 1.54) is 96.3 Å². The molecule has 0 aromatic rings. The van der Waals surface area contributed by atoms with E-state index in [1.54, 1.807) is 6.92 Å². The number of quaternary nitrogens is 1. The van der Waals surface area contributed by atoms with Gasteiger partial charge in [0.2, 0.25) is 0 Å². The Morgan fingerprint density at radius 1 is 0.667 bits per heavy atom. The maximum absolute atomic E-state index is 12.4. The monoisotopic (exact) mass is 622 g/mol. The number of likely N-dealkylation sites (N-methyl/N-ethyl adjacent to an activating group) is 1. The molecule has 0 spiro atoms. The Morgan fingerprint density at radius 3 is 1.55 bits per heavy atom. The fourth-order valence-corrected chi connectivity index (χ4v) is 5.21. The summed E-state index contributed by atoms with van der Waals surface area (Å²) in [6.07, 6.45) is 22.4. The summed E-state index contributed by atoms with van der Waals surface area (Å²) in [4.78, 5) is 33.9. The van der Waals surface area contributed by atoms with E-state index >= 15 is 0 Å². The second kappa shape index (κ2) is 26.4. The van der Waals surface area contributed by atoms with Gasteiger partial charge in [-0.3, -0.25) is 18.6 Å². The second-order valence-electron chi connectivity index (χ2n) is 12.5. The largest absolute Gasteiger partial charge is 0.472 e. The summed E-state index contributed by atoms with van der Waals surface area (Å²) in [5.74, 6) is -0.891. The molecule has 9 nitrogen and oxygen atoms in total. The summed E-state index contributed by atoms with van der Waals surface area (Å²) < 4.78 is 33.3. The van der Waals surface area contributed by atoms with Crippen LogP contribution < -0.4 is 0 Å². The number of phosphoric ester groups is 1. The summed E-state index contributed by atoms with van der Waals surface area (Å²) in [7, 11) is 1.48. The number of ether oxygens (including phenoxy) is 2. The third-order valence-electron chi connectivity index (χ3n) is 7.19. The molecule has 0 radical (unpaired) electrons. The second-order valence-corrected chi connectivity index (χ2v) is 14.0. The molecule has 1 N–H and O–H groups in total. The first-order chi connectivity index (χ1) is 20.0. The van der Waals surface area contributed by atoms with Crippen LogP contribution in [0.4, 0.5) is 0 Å². The molecule has 42 heavy (non-hydrogen) atoms. The molecule has 0 aliphatic heterocycles. The van der Waals surface area contributed by atoms with Gasteiger partial charge in [0.1, 0.15) is 19.8 Å². The molecule has 0 aliphatic rings.